The lowest BCUT2D eigenvalue weighted by molar-refractivity contribution is -0.153. The van der Waals surface area contributed by atoms with E-state index in [0.717, 1.165) is 0 Å². The Balaban J connectivity index is 2.09. The Bertz CT molecular complexity index is 882. The van der Waals surface area contributed by atoms with Crippen molar-refractivity contribution in [2.75, 3.05) is 6.61 Å². The highest BCUT2D eigenvalue weighted by molar-refractivity contribution is 6.08. The van der Waals surface area contributed by atoms with Crippen molar-refractivity contribution in [1.29, 1.82) is 0 Å². The van der Waals surface area contributed by atoms with Crippen LogP contribution >= 0.6 is 0 Å². The Morgan fingerprint density at radius 2 is 1.83 bits per heavy atom. The molecule has 0 saturated heterocycles. The van der Waals surface area contributed by atoms with Crippen LogP contribution in [0.4, 0.5) is 13.2 Å². The molecule has 7 heteroatoms. The van der Waals surface area contributed by atoms with Crippen LogP contribution in [-0.4, -0.2) is 23.9 Å². The first-order valence-corrected chi connectivity index (χ1v) is 6.90. The molecule has 3 rings (SSSR count). The van der Waals surface area contributed by atoms with Crippen LogP contribution in [0.5, 0.6) is 5.75 Å². The molecular formula is C17H11F3O4. The maximum absolute atomic E-state index is 12.3. The van der Waals surface area contributed by atoms with E-state index >= 15 is 0 Å². The number of hydrogen-bond donors (Lipinski definition) is 1. The average Bonchev–Trinajstić information content (AvgIpc) is 2.92. The molecule has 124 valence electrons. The van der Waals surface area contributed by atoms with Gasteiger partial charge in [-0.2, -0.15) is 13.2 Å². The molecule has 0 aliphatic carbocycles. The fourth-order valence-corrected chi connectivity index (χ4v) is 2.34. The second kappa shape index (κ2) is 5.92. The van der Waals surface area contributed by atoms with Crippen LogP contribution in [0.15, 0.2) is 52.9 Å². The summed E-state index contributed by atoms with van der Waals surface area (Å²) in [6, 6.07) is 12.5. The molecule has 1 N–H and O–H groups in total. The van der Waals surface area contributed by atoms with Gasteiger partial charge in [-0.05, 0) is 18.2 Å². The standard InChI is InChI=1S/C17H11F3O4/c18-17(19,20)9-23-11-6-7-13-12(8-11)14(16(21)22)15(24-13)10-4-2-1-3-5-10/h1-8H,9H2,(H,21,22). The van der Waals surface area contributed by atoms with E-state index in [2.05, 4.69) is 4.74 Å². The predicted octanol–water partition coefficient (Wildman–Crippen LogP) is 4.74. The second-order valence-electron chi connectivity index (χ2n) is 5.04. The molecule has 0 aliphatic heterocycles. The van der Waals surface area contributed by atoms with E-state index in [9.17, 15) is 23.1 Å². The van der Waals surface area contributed by atoms with Gasteiger partial charge < -0.3 is 14.3 Å². The summed E-state index contributed by atoms with van der Waals surface area (Å²) in [5.41, 5.74) is 0.697. The zero-order chi connectivity index (χ0) is 17.3. The van der Waals surface area contributed by atoms with Crippen LogP contribution < -0.4 is 4.74 Å². The first kappa shape index (κ1) is 15.9. The Kier molecular flexibility index (Phi) is 3.92. The van der Waals surface area contributed by atoms with Crippen molar-refractivity contribution in [2.45, 2.75) is 6.18 Å². The monoisotopic (exact) mass is 336 g/mol. The minimum atomic E-state index is -4.48. The van der Waals surface area contributed by atoms with Crippen LogP contribution in [0.1, 0.15) is 10.4 Å². The molecule has 0 spiro atoms. The molecule has 1 heterocycles. The largest absolute Gasteiger partial charge is 0.484 e. The third kappa shape index (κ3) is 3.19. The quantitative estimate of drug-likeness (QED) is 0.748. The van der Waals surface area contributed by atoms with Gasteiger partial charge in [-0.25, -0.2) is 4.79 Å². The number of rotatable bonds is 4. The van der Waals surface area contributed by atoms with Crippen LogP contribution in [0, 0.1) is 0 Å². The molecule has 0 aliphatic rings. The number of alkyl halides is 3. The van der Waals surface area contributed by atoms with Crippen molar-refractivity contribution in [1.82, 2.24) is 0 Å². The van der Waals surface area contributed by atoms with Gasteiger partial charge in [-0.15, -0.1) is 0 Å². The van der Waals surface area contributed by atoms with E-state index in [-0.39, 0.29) is 28.0 Å². The van der Waals surface area contributed by atoms with Gasteiger partial charge in [-0.1, -0.05) is 30.3 Å². The van der Waals surface area contributed by atoms with Gasteiger partial charge in [0.2, 0.25) is 0 Å². The van der Waals surface area contributed by atoms with E-state index in [0.29, 0.717) is 5.56 Å². The number of aromatic carboxylic acids is 1. The first-order chi connectivity index (χ1) is 11.3. The number of carbonyl (C=O) groups is 1. The molecule has 0 unspecified atom stereocenters. The average molecular weight is 336 g/mol. The maximum Gasteiger partial charge on any atom is 0.422 e. The molecule has 1 aromatic heterocycles. The molecule has 0 atom stereocenters. The SMILES string of the molecule is O=C(O)c1c(-c2ccccc2)oc2ccc(OCC(F)(F)F)cc12. The number of hydrogen-bond acceptors (Lipinski definition) is 3. The molecule has 0 fully saturated rings. The topological polar surface area (TPSA) is 59.7 Å². The summed E-state index contributed by atoms with van der Waals surface area (Å²) >= 11 is 0. The molecule has 2 aromatic carbocycles. The van der Waals surface area contributed by atoms with Crippen molar-refractivity contribution < 1.29 is 32.2 Å². The van der Waals surface area contributed by atoms with Gasteiger partial charge in [0.1, 0.15) is 22.7 Å². The number of carboxylic acid groups (broad SMARTS) is 1. The number of furan rings is 1. The molecule has 24 heavy (non-hydrogen) atoms. The summed E-state index contributed by atoms with van der Waals surface area (Å²) in [4.78, 5) is 11.6. The van der Waals surface area contributed by atoms with Crippen LogP contribution in [-0.2, 0) is 0 Å². The molecular weight excluding hydrogens is 325 g/mol. The minimum absolute atomic E-state index is 0.0808. The summed E-state index contributed by atoms with van der Waals surface area (Å²) < 4.78 is 47.0. The number of ether oxygens (including phenoxy) is 1. The van der Waals surface area contributed by atoms with E-state index < -0.39 is 18.8 Å². The van der Waals surface area contributed by atoms with Crippen molar-refractivity contribution in [3.05, 3.63) is 54.1 Å². The highest BCUT2D eigenvalue weighted by Gasteiger charge is 2.29. The Morgan fingerprint density at radius 3 is 2.46 bits per heavy atom. The molecule has 3 aromatic rings. The zero-order valence-corrected chi connectivity index (χ0v) is 12.1. The highest BCUT2D eigenvalue weighted by atomic mass is 19.4. The van der Waals surface area contributed by atoms with E-state index in [1.165, 1.54) is 18.2 Å². The predicted molar refractivity (Wildman–Crippen MR) is 80.2 cm³/mol. The lowest BCUT2D eigenvalue weighted by Gasteiger charge is -2.08. The van der Waals surface area contributed by atoms with Gasteiger partial charge in [-0.3, -0.25) is 0 Å². The van der Waals surface area contributed by atoms with Crippen molar-refractivity contribution in [3.8, 4) is 17.1 Å². The molecule has 4 nitrogen and oxygen atoms in total. The van der Waals surface area contributed by atoms with Crippen molar-refractivity contribution >= 4 is 16.9 Å². The zero-order valence-electron chi connectivity index (χ0n) is 12.1. The third-order valence-corrected chi connectivity index (χ3v) is 3.31. The van der Waals surface area contributed by atoms with Gasteiger partial charge in [0.05, 0.1) is 0 Å². The van der Waals surface area contributed by atoms with E-state index in [1.54, 1.807) is 30.3 Å². The number of benzene rings is 2. The molecule has 0 bridgehead atoms. The lowest BCUT2D eigenvalue weighted by atomic mass is 10.1. The van der Waals surface area contributed by atoms with Crippen LogP contribution in [0.25, 0.3) is 22.3 Å². The fourth-order valence-electron chi connectivity index (χ4n) is 2.34. The van der Waals surface area contributed by atoms with Crippen molar-refractivity contribution in [2.24, 2.45) is 0 Å². The lowest BCUT2D eigenvalue weighted by Crippen LogP contribution is -2.19. The number of fused-ring (bicyclic) bond motifs is 1. The normalized spacial score (nSPS) is 11.6. The summed E-state index contributed by atoms with van der Waals surface area (Å²) in [6.45, 7) is -1.45. The highest BCUT2D eigenvalue weighted by Crippen LogP contribution is 2.35. The van der Waals surface area contributed by atoms with Crippen LogP contribution in [0.2, 0.25) is 0 Å². The summed E-state index contributed by atoms with van der Waals surface area (Å²) in [5.74, 6) is -1.17. The summed E-state index contributed by atoms with van der Waals surface area (Å²) in [6.07, 6.45) is -4.48. The maximum atomic E-state index is 12.3. The van der Waals surface area contributed by atoms with E-state index in [4.69, 9.17) is 4.42 Å². The second-order valence-corrected chi connectivity index (χ2v) is 5.04. The third-order valence-electron chi connectivity index (χ3n) is 3.31. The van der Waals surface area contributed by atoms with E-state index in [1.807, 2.05) is 0 Å². The van der Waals surface area contributed by atoms with Crippen LogP contribution in [0.3, 0.4) is 0 Å². The Morgan fingerprint density at radius 1 is 1.12 bits per heavy atom. The van der Waals surface area contributed by atoms with Gasteiger partial charge in [0, 0.05) is 10.9 Å². The van der Waals surface area contributed by atoms with Gasteiger partial charge >= 0.3 is 12.1 Å². The Labute approximate surface area is 134 Å². The Hall–Kier alpha value is -2.96. The molecule has 0 saturated carbocycles. The smallest absolute Gasteiger partial charge is 0.422 e. The van der Waals surface area contributed by atoms with Crippen molar-refractivity contribution in [3.63, 3.8) is 0 Å². The number of halogens is 3. The fraction of sp³-hybridized carbons (Fsp3) is 0.118. The first-order valence-electron chi connectivity index (χ1n) is 6.90. The summed E-state index contributed by atoms with van der Waals surface area (Å²) in [7, 11) is 0. The minimum Gasteiger partial charge on any atom is -0.484 e. The molecule has 0 radical (unpaired) electrons. The summed E-state index contributed by atoms with van der Waals surface area (Å²) in [5, 5.41) is 9.66. The molecule has 0 amide bonds. The van der Waals surface area contributed by atoms with Gasteiger partial charge in [0.15, 0.2) is 6.61 Å². The number of carboxylic acids is 1. The van der Waals surface area contributed by atoms with Gasteiger partial charge in [0.25, 0.3) is 0 Å².